The minimum Gasteiger partial charge on any atom is -0.318 e. The van der Waals surface area contributed by atoms with Gasteiger partial charge in [0.05, 0.1) is 4.92 Å². The smallest absolute Gasteiger partial charge is 0.318 e. The summed E-state index contributed by atoms with van der Waals surface area (Å²) in [4.78, 5) is 48.3. The van der Waals surface area contributed by atoms with Crippen LogP contribution >= 0.6 is 11.6 Å². The van der Waals surface area contributed by atoms with E-state index in [1.807, 2.05) is 0 Å². The molecule has 1 heterocycles. The van der Waals surface area contributed by atoms with E-state index < -0.39 is 34.0 Å². The average Bonchev–Trinajstić information content (AvgIpc) is 2.93. The minimum absolute atomic E-state index is 0.0762. The van der Waals surface area contributed by atoms with Crippen LogP contribution in [0.15, 0.2) is 48.5 Å². The Morgan fingerprint density at radius 3 is 2.54 bits per heavy atom. The van der Waals surface area contributed by atoms with E-state index in [1.165, 1.54) is 6.07 Å². The molecule has 4 amide bonds. The molecule has 2 aromatic carbocycles. The number of benzene rings is 2. The lowest BCUT2D eigenvalue weighted by atomic mass is 9.87. The third-order valence-electron chi connectivity index (χ3n) is 4.50. The van der Waals surface area contributed by atoms with Gasteiger partial charge < -0.3 is 5.32 Å². The molecule has 2 aromatic rings. The molecule has 1 saturated heterocycles. The summed E-state index contributed by atoms with van der Waals surface area (Å²) in [5.74, 6) is -1.66. The monoisotopic (exact) mass is 402 g/mol. The lowest BCUT2D eigenvalue weighted by Crippen LogP contribution is -2.48. The lowest BCUT2D eigenvalue weighted by Gasteiger charge is -2.25. The van der Waals surface area contributed by atoms with Gasteiger partial charge in [-0.05, 0) is 24.1 Å². The van der Waals surface area contributed by atoms with Crippen molar-refractivity contribution < 1.29 is 19.3 Å². The number of hydrazine groups is 1. The van der Waals surface area contributed by atoms with Crippen molar-refractivity contribution in [2.24, 2.45) is 0 Å². The molecule has 10 heteroatoms. The number of urea groups is 1. The van der Waals surface area contributed by atoms with E-state index in [9.17, 15) is 24.5 Å². The summed E-state index contributed by atoms with van der Waals surface area (Å²) < 4.78 is 0. The first-order chi connectivity index (χ1) is 13.3. The SMILES string of the molecule is CC[C@@]1(c2ccccc2)NC(=O)N(NC(=O)c2ccc(Cl)cc2[N+](=O)[O-])C1=O. The summed E-state index contributed by atoms with van der Waals surface area (Å²) in [6.45, 7) is 1.72. The van der Waals surface area contributed by atoms with Gasteiger partial charge in [-0.1, -0.05) is 48.9 Å². The molecule has 9 nitrogen and oxygen atoms in total. The van der Waals surface area contributed by atoms with Gasteiger partial charge in [-0.15, -0.1) is 0 Å². The van der Waals surface area contributed by atoms with Gasteiger partial charge in [-0.3, -0.25) is 25.1 Å². The molecular formula is C18H15ClN4O5. The van der Waals surface area contributed by atoms with Crippen molar-refractivity contribution in [3.8, 4) is 0 Å². The first-order valence-electron chi connectivity index (χ1n) is 8.27. The van der Waals surface area contributed by atoms with Crippen LogP contribution in [0.2, 0.25) is 5.02 Å². The molecule has 0 spiro atoms. The number of amides is 4. The zero-order valence-electron chi connectivity index (χ0n) is 14.6. The summed E-state index contributed by atoms with van der Waals surface area (Å²) >= 11 is 5.74. The lowest BCUT2D eigenvalue weighted by molar-refractivity contribution is -0.385. The van der Waals surface area contributed by atoms with Crippen LogP contribution in [0, 0.1) is 10.1 Å². The van der Waals surface area contributed by atoms with E-state index in [1.54, 1.807) is 37.3 Å². The molecule has 1 atom stereocenters. The van der Waals surface area contributed by atoms with Crippen LogP contribution in [0.1, 0.15) is 29.3 Å². The second-order valence-electron chi connectivity index (χ2n) is 6.06. The van der Waals surface area contributed by atoms with Crippen LogP contribution in [0.25, 0.3) is 0 Å². The molecule has 3 rings (SSSR count). The van der Waals surface area contributed by atoms with Gasteiger partial charge in [0.1, 0.15) is 11.1 Å². The molecule has 0 bridgehead atoms. The summed E-state index contributed by atoms with van der Waals surface area (Å²) in [5.41, 5.74) is 0.508. The Morgan fingerprint density at radius 2 is 1.93 bits per heavy atom. The predicted molar refractivity (Wildman–Crippen MR) is 99.4 cm³/mol. The van der Waals surface area contributed by atoms with Crippen LogP contribution < -0.4 is 10.7 Å². The zero-order valence-corrected chi connectivity index (χ0v) is 15.4. The molecule has 0 aromatic heterocycles. The Labute approximate surface area is 164 Å². The van der Waals surface area contributed by atoms with Gasteiger partial charge in [0, 0.05) is 11.1 Å². The molecule has 0 saturated carbocycles. The summed E-state index contributed by atoms with van der Waals surface area (Å²) in [7, 11) is 0. The third kappa shape index (κ3) is 3.16. The topological polar surface area (TPSA) is 122 Å². The van der Waals surface area contributed by atoms with Crippen molar-refractivity contribution in [3.05, 3.63) is 74.8 Å². The van der Waals surface area contributed by atoms with Gasteiger partial charge in [0.25, 0.3) is 17.5 Å². The second-order valence-corrected chi connectivity index (χ2v) is 6.49. The highest BCUT2D eigenvalue weighted by molar-refractivity contribution is 6.31. The Hall–Kier alpha value is -3.46. The molecule has 1 aliphatic rings. The maximum Gasteiger partial charge on any atom is 0.344 e. The number of nitrogens with one attached hydrogen (secondary N) is 2. The molecule has 1 fully saturated rings. The number of nitro benzene ring substituents is 1. The Bertz CT molecular complexity index is 981. The van der Waals surface area contributed by atoms with Crippen LogP contribution in [0.3, 0.4) is 0 Å². The average molecular weight is 403 g/mol. The normalized spacial score (nSPS) is 18.7. The Kier molecular flexibility index (Phi) is 5.02. The number of rotatable bonds is 5. The van der Waals surface area contributed by atoms with Crippen molar-refractivity contribution in [1.82, 2.24) is 15.8 Å². The van der Waals surface area contributed by atoms with E-state index >= 15 is 0 Å². The molecule has 28 heavy (non-hydrogen) atoms. The maximum absolute atomic E-state index is 13.0. The molecule has 1 aliphatic heterocycles. The van der Waals surface area contributed by atoms with E-state index in [-0.39, 0.29) is 17.0 Å². The van der Waals surface area contributed by atoms with Gasteiger partial charge in [0.2, 0.25) is 0 Å². The molecule has 0 radical (unpaired) electrons. The second kappa shape index (κ2) is 7.28. The molecule has 0 unspecified atom stereocenters. The summed E-state index contributed by atoms with van der Waals surface area (Å²) in [6.07, 6.45) is 0.245. The van der Waals surface area contributed by atoms with Crippen LogP contribution in [0.5, 0.6) is 0 Å². The van der Waals surface area contributed by atoms with Gasteiger partial charge in [-0.25, -0.2) is 4.79 Å². The number of halogens is 1. The summed E-state index contributed by atoms with van der Waals surface area (Å²) in [6, 6.07) is 11.2. The molecule has 144 valence electrons. The number of carbonyl (C=O) groups is 3. The Morgan fingerprint density at radius 1 is 1.25 bits per heavy atom. The van der Waals surface area contributed by atoms with E-state index in [0.29, 0.717) is 10.6 Å². The maximum atomic E-state index is 13.0. The van der Waals surface area contributed by atoms with Gasteiger partial charge >= 0.3 is 6.03 Å². The fraction of sp³-hybridized carbons (Fsp3) is 0.167. The van der Waals surface area contributed by atoms with Crippen molar-refractivity contribution >= 4 is 35.1 Å². The predicted octanol–water partition coefficient (Wildman–Crippen LogP) is 2.75. The van der Waals surface area contributed by atoms with Crippen molar-refractivity contribution in [2.75, 3.05) is 0 Å². The van der Waals surface area contributed by atoms with E-state index in [0.717, 1.165) is 12.1 Å². The highest BCUT2D eigenvalue weighted by Gasteiger charge is 2.52. The Balaban J connectivity index is 1.92. The van der Waals surface area contributed by atoms with E-state index in [4.69, 9.17) is 11.6 Å². The number of nitrogens with zero attached hydrogens (tertiary/aromatic N) is 2. The summed E-state index contributed by atoms with van der Waals surface area (Å²) in [5, 5.41) is 14.4. The highest BCUT2D eigenvalue weighted by Crippen LogP contribution is 2.32. The minimum atomic E-state index is -1.34. The number of nitro groups is 1. The van der Waals surface area contributed by atoms with Crippen LogP contribution in [-0.2, 0) is 10.3 Å². The number of imide groups is 1. The first-order valence-corrected chi connectivity index (χ1v) is 8.65. The first kappa shape index (κ1) is 19.3. The zero-order chi connectivity index (χ0) is 20.5. The number of hydrogen-bond donors (Lipinski definition) is 2. The number of hydrogen-bond acceptors (Lipinski definition) is 5. The standard InChI is InChI=1S/C18H15ClN4O5/c1-2-18(11-6-4-3-5-7-11)16(25)22(17(26)20-18)21-15(24)13-9-8-12(19)10-14(13)23(27)28/h3-10H,2H2,1H3,(H,20,26)(H,21,24)/t18-/m0/s1. The molecule has 2 N–H and O–H groups in total. The fourth-order valence-electron chi connectivity index (χ4n) is 3.05. The number of carbonyl (C=O) groups excluding carboxylic acids is 3. The largest absolute Gasteiger partial charge is 0.344 e. The van der Waals surface area contributed by atoms with E-state index in [2.05, 4.69) is 10.7 Å². The van der Waals surface area contributed by atoms with Crippen molar-refractivity contribution in [3.63, 3.8) is 0 Å². The van der Waals surface area contributed by atoms with Crippen molar-refractivity contribution in [1.29, 1.82) is 0 Å². The third-order valence-corrected chi connectivity index (χ3v) is 4.74. The van der Waals surface area contributed by atoms with Gasteiger partial charge in [0.15, 0.2) is 0 Å². The highest BCUT2D eigenvalue weighted by atomic mass is 35.5. The quantitative estimate of drug-likeness (QED) is 0.452. The van der Waals surface area contributed by atoms with Crippen LogP contribution in [-0.4, -0.2) is 27.8 Å². The van der Waals surface area contributed by atoms with Gasteiger partial charge in [-0.2, -0.15) is 5.01 Å². The molecule has 0 aliphatic carbocycles. The molecular weight excluding hydrogens is 388 g/mol. The fourth-order valence-corrected chi connectivity index (χ4v) is 3.21. The van der Waals surface area contributed by atoms with Crippen molar-refractivity contribution in [2.45, 2.75) is 18.9 Å². The van der Waals surface area contributed by atoms with Crippen LogP contribution in [0.4, 0.5) is 10.5 Å².